The normalized spacial score (nSPS) is 12.1. The highest BCUT2D eigenvalue weighted by Gasteiger charge is 2.31. The lowest BCUT2D eigenvalue weighted by atomic mass is 9.92. The average molecular weight is 1020 g/mol. The van der Waals surface area contributed by atoms with Crippen molar-refractivity contribution in [2.75, 3.05) is 7.11 Å². The van der Waals surface area contributed by atoms with Gasteiger partial charge < -0.3 is 28.4 Å². The molecule has 0 unspecified atom stereocenters. The number of alkyl halides is 6. The quantitative estimate of drug-likeness (QED) is 0.0736. The standard InChI is InChI=1S/C26H22F3NO4S.C25H20F3NO4S.2CH4/c1-16-13-23(18-3-7-19(8-4-18)26(27,28)29)35-24(16)15-33-20-9-5-17(6-10-20)21(14-25(31)32-2)22-11-12-34-30-22;1-15-12-22(17-2-6-18(7-3-17)25(26,27)28)34-23(15)14-32-19-8-4-16(5-9-19)20(13-24(30)31)21-10-11-33-29-21;;/h3-13,21H,14-15H2,1-2H3;2-12,20H,13-14H2,1H3,(H,30,31);2*1H4/t21-;20-;;/m00../s1. The first-order chi connectivity index (χ1) is 32.9. The Kier molecular flexibility index (Phi) is 18.6. The van der Waals surface area contributed by atoms with Crippen LogP contribution in [0.2, 0.25) is 0 Å². The molecule has 4 aromatic heterocycles. The van der Waals surface area contributed by atoms with Gasteiger partial charge in [0.1, 0.15) is 37.2 Å². The van der Waals surface area contributed by atoms with Crippen LogP contribution in [-0.2, 0) is 39.9 Å². The van der Waals surface area contributed by atoms with Gasteiger partial charge in [-0.3, -0.25) is 9.59 Å². The van der Waals surface area contributed by atoms with E-state index in [9.17, 15) is 41.0 Å². The van der Waals surface area contributed by atoms with Crippen LogP contribution in [0.3, 0.4) is 0 Å². The maximum atomic E-state index is 12.8. The molecule has 8 rings (SSSR count). The molecule has 0 fully saturated rings. The van der Waals surface area contributed by atoms with Crippen molar-refractivity contribution in [3.05, 3.63) is 188 Å². The average Bonchev–Trinajstić information content (AvgIpc) is 4.18. The maximum Gasteiger partial charge on any atom is 0.416 e. The lowest BCUT2D eigenvalue weighted by molar-refractivity contribution is -0.141. The van der Waals surface area contributed by atoms with Gasteiger partial charge in [0.25, 0.3) is 0 Å². The van der Waals surface area contributed by atoms with Gasteiger partial charge in [-0.05, 0) is 108 Å². The molecule has 374 valence electrons. The van der Waals surface area contributed by atoms with Crippen LogP contribution < -0.4 is 9.47 Å². The Labute approximate surface area is 414 Å². The van der Waals surface area contributed by atoms with E-state index in [1.165, 1.54) is 66.6 Å². The lowest BCUT2D eigenvalue weighted by Crippen LogP contribution is -2.10. The maximum absolute atomic E-state index is 12.8. The Hall–Kier alpha value is -7.18. The highest BCUT2D eigenvalue weighted by molar-refractivity contribution is 7.16. The smallest absolute Gasteiger partial charge is 0.416 e. The van der Waals surface area contributed by atoms with E-state index in [1.54, 1.807) is 36.4 Å². The number of hydrogen-bond donors (Lipinski definition) is 1. The van der Waals surface area contributed by atoms with Gasteiger partial charge in [0.05, 0.1) is 42.5 Å². The number of thiophene rings is 2. The van der Waals surface area contributed by atoms with E-state index in [0.29, 0.717) is 41.7 Å². The molecule has 8 aromatic rings. The summed E-state index contributed by atoms with van der Waals surface area (Å²) in [6.45, 7) is 4.51. The Morgan fingerprint density at radius 2 is 0.972 bits per heavy atom. The van der Waals surface area contributed by atoms with Crippen LogP contribution in [0.5, 0.6) is 11.5 Å². The van der Waals surface area contributed by atoms with Gasteiger partial charge in [-0.25, -0.2) is 0 Å². The molecule has 0 aliphatic rings. The number of methoxy groups -OCH3 is 1. The highest BCUT2D eigenvalue weighted by atomic mass is 32.1. The van der Waals surface area contributed by atoms with Crippen LogP contribution in [0.4, 0.5) is 26.3 Å². The number of ether oxygens (including phenoxy) is 3. The molecule has 0 saturated carbocycles. The minimum absolute atomic E-state index is 0. The summed E-state index contributed by atoms with van der Waals surface area (Å²) < 4.78 is 103. The largest absolute Gasteiger partial charge is 0.488 e. The van der Waals surface area contributed by atoms with E-state index in [0.717, 1.165) is 71.6 Å². The number of carbonyl (C=O) groups excluding carboxylic acids is 1. The van der Waals surface area contributed by atoms with Crippen molar-refractivity contribution in [2.24, 2.45) is 0 Å². The van der Waals surface area contributed by atoms with Crippen molar-refractivity contribution in [2.45, 2.75) is 78.9 Å². The molecule has 4 aromatic carbocycles. The third-order valence-electron chi connectivity index (χ3n) is 10.9. The monoisotopic (exact) mass is 1020 g/mol. The summed E-state index contributed by atoms with van der Waals surface area (Å²) in [5.74, 6) is -0.769. The Balaban J connectivity index is 0.000000257. The van der Waals surface area contributed by atoms with Gasteiger partial charge >= 0.3 is 24.3 Å². The van der Waals surface area contributed by atoms with Crippen molar-refractivity contribution in [3.8, 4) is 32.4 Å². The molecule has 1 N–H and O–H groups in total. The fourth-order valence-electron chi connectivity index (χ4n) is 7.16. The molecule has 0 amide bonds. The van der Waals surface area contributed by atoms with Gasteiger partial charge in [-0.15, -0.1) is 22.7 Å². The summed E-state index contributed by atoms with van der Waals surface area (Å²) in [6, 6.07) is 32.0. The highest BCUT2D eigenvalue weighted by Crippen LogP contribution is 2.38. The molecule has 0 saturated heterocycles. The van der Waals surface area contributed by atoms with E-state index < -0.39 is 35.4 Å². The predicted molar refractivity (Wildman–Crippen MR) is 260 cm³/mol. The van der Waals surface area contributed by atoms with Crippen LogP contribution >= 0.6 is 22.7 Å². The summed E-state index contributed by atoms with van der Waals surface area (Å²) in [7, 11) is 1.34. The minimum atomic E-state index is -4.36. The number of aliphatic carboxylic acids is 1. The lowest BCUT2D eigenvalue weighted by Gasteiger charge is -2.14. The molecular weight excluding hydrogens is 971 g/mol. The summed E-state index contributed by atoms with van der Waals surface area (Å²) >= 11 is 2.95. The van der Waals surface area contributed by atoms with Crippen molar-refractivity contribution < 1.29 is 64.3 Å². The van der Waals surface area contributed by atoms with Crippen LogP contribution in [0.1, 0.15) is 94.1 Å². The Morgan fingerprint density at radius 3 is 1.30 bits per heavy atom. The van der Waals surface area contributed by atoms with Gasteiger partial charge in [0.2, 0.25) is 0 Å². The number of esters is 1. The van der Waals surface area contributed by atoms with E-state index in [4.69, 9.17) is 23.3 Å². The molecule has 0 bridgehead atoms. The third-order valence-corrected chi connectivity index (χ3v) is 13.5. The molecule has 18 heteroatoms. The van der Waals surface area contributed by atoms with Gasteiger partial charge in [0.15, 0.2) is 0 Å². The number of aryl methyl sites for hydroxylation is 2. The molecule has 0 aliphatic heterocycles. The van der Waals surface area contributed by atoms with E-state index >= 15 is 0 Å². The van der Waals surface area contributed by atoms with Crippen LogP contribution in [0.25, 0.3) is 20.9 Å². The van der Waals surface area contributed by atoms with E-state index in [1.807, 2.05) is 50.2 Å². The number of carboxylic acid groups (broad SMARTS) is 1. The minimum Gasteiger partial charge on any atom is -0.488 e. The number of rotatable bonds is 16. The molecule has 4 heterocycles. The second-order valence-electron chi connectivity index (χ2n) is 15.6. The summed E-state index contributed by atoms with van der Waals surface area (Å²) in [5, 5.41) is 17.1. The second kappa shape index (κ2) is 24.1. The molecule has 0 aliphatic carbocycles. The second-order valence-corrected chi connectivity index (χ2v) is 17.9. The number of halogens is 6. The van der Waals surface area contributed by atoms with Crippen LogP contribution in [-0.4, -0.2) is 34.5 Å². The Morgan fingerprint density at radius 1 is 0.592 bits per heavy atom. The fourth-order valence-corrected chi connectivity index (χ4v) is 9.35. The number of benzene rings is 4. The SMILES string of the molecule is C.C.COC(=O)C[C@@H](c1ccc(OCc2sc(-c3ccc(C(F)(F)F)cc3)cc2C)cc1)c1ccon1.Cc1cc(-c2ccc(C(F)(F)F)cc2)sc1COc1ccc([C@H](CC(=O)O)c2ccon2)cc1. The Bertz CT molecular complexity index is 2910. The zero-order valence-electron chi connectivity index (χ0n) is 37.0. The topological polar surface area (TPSA) is 134 Å². The first-order valence-electron chi connectivity index (χ1n) is 21.0. The van der Waals surface area contributed by atoms with Gasteiger partial charge in [-0.1, -0.05) is 73.7 Å². The van der Waals surface area contributed by atoms with Crippen molar-refractivity contribution in [1.82, 2.24) is 10.3 Å². The van der Waals surface area contributed by atoms with Crippen molar-refractivity contribution in [3.63, 3.8) is 0 Å². The first-order valence-corrected chi connectivity index (χ1v) is 22.7. The number of carbonyl (C=O) groups is 2. The zero-order chi connectivity index (χ0) is 49.3. The number of nitrogens with zero attached hydrogens (tertiary/aromatic N) is 2. The molecule has 0 spiro atoms. The van der Waals surface area contributed by atoms with Crippen molar-refractivity contribution in [1.29, 1.82) is 0 Å². The molecular formula is C53H50F6N2O8S2. The molecule has 10 nitrogen and oxygen atoms in total. The zero-order valence-corrected chi connectivity index (χ0v) is 38.6. The van der Waals surface area contributed by atoms with E-state index in [2.05, 4.69) is 10.3 Å². The summed E-state index contributed by atoms with van der Waals surface area (Å²) in [5.41, 5.74) is 4.92. The fraction of sp³-hybridized carbons (Fsp3) is 0.245. The van der Waals surface area contributed by atoms with Gasteiger partial charge in [-0.2, -0.15) is 26.3 Å². The third kappa shape index (κ3) is 14.4. The predicted octanol–water partition coefficient (Wildman–Crippen LogP) is 15.2. The first kappa shape index (κ1) is 54.8. The van der Waals surface area contributed by atoms with E-state index in [-0.39, 0.29) is 39.6 Å². The molecule has 71 heavy (non-hydrogen) atoms. The molecule has 0 radical (unpaired) electrons. The van der Waals surface area contributed by atoms with Crippen LogP contribution in [0, 0.1) is 13.8 Å². The summed E-state index contributed by atoms with van der Waals surface area (Å²) in [4.78, 5) is 26.8. The number of aromatic nitrogens is 2. The number of hydrogen-bond acceptors (Lipinski definition) is 11. The van der Waals surface area contributed by atoms with Gasteiger partial charge in [0, 0.05) is 43.5 Å². The number of carboxylic acids is 1. The van der Waals surface area contributed by atoms with Crippen molar-refractivity contribution >= 4 is 34.6 Å². The van der Waals surface area contributed by atoms with Crippen LogP contribution in [0.15, 0.2) is 143 Å². The summed E-state index contributed by atoms with van der Waals surface area (Å²) in [6.07, 6.45) is -5.84. The molecule has 2 atom stereocenters.